The van der Waals surface area contributed by atoms with Gasteiger partial charge in [-0.05, 0) is 37.5 Å². The van der Waals surface area contributed by atoms with E-state index in [2.05, 4.69) is 40.3 Å². The number of anilines is 1. The average Bonchev–Trinajstić information content (AvgIpc) is 2.72. The second kappa shape index (κ2) is 4.19. The van der Waals surface area contributed by atoms with Crippen molar-refractivity contribution in [3.63, 3.8) is 0 Å². The van der Waals surface area contributed by atoms with Gasteiger partial charge in [-0.25, -0.2) is 0 Å². The molecule has 0 amide bonds. The van der Waals surface area contributed by atoms with E-state index in [1.165, 1.54) is 5.56 Å². The van der Waals surface area contributed by atoms with Crippen LogP contribution in [0.2, 0.25) is 0 Å². The summed E-state index contributed by atoms with van der Waals surface area (Å²) in [6, 6.07) is 7.32. The fourth-order valence-corrected chi connectivity index (χ4v) is 2.80. The molecule has 0 radical (unpaired) electrons. The van der Waals surface area contributed by atoms with Gasteiger partial charge in [0.05, 0.1) is 6.04 Å². The minimum atomic E-state index is 0.415. The zero-order chi connectivity index (χ0) is 12.7. The van der Waals surface area contributed by atoms with Gasteiger partial charge in [0.15, 0.2) is 5.96 Å². The second-order valence-electron chi connectivity index (χ2n) is 5.32. The highest BCUT2D eigenvalue weighted by atomic mass is 15.4. The van der Waals surface area contributed by atoms with E-state index in [9.17, 15) is 0 Å². The Balaban J connectivity index is 1.92. The molecule has 0 bridgehead atoms. The molecule has 3 N–H and O–H groups in total. The second-order valence-corrected chi connectivity index (χ2v) is 5.32. The summed E-state index contributed by atoms with van der Waals surface area (Å²) >= 11 is 0. The Kier molecular flexibility index (Phi) is 2.65. The quantitative estimate of drug-likeness (QED) is 0.739. The van der Waals surface area contributed by atoms with E-state index in [4.69, 9.17) is 5.73 Å². The number of aryl methyl sites for hydroxylation is 1. The number of nitrogens with zero attached hydrogens (tertiary/aromatic N) is 2. The third kappa shape index (κ3) is 1.82. The van der Waals surface area contributed by atoms with Crippen molar-refractivity contribution >= 4 is 11.6 Å². The van der Waals surface area contributed by atoms with Crippen LogP contribution in [0.3, 0.4) is 0 Å². The van der Waals surface area contributed by atoms with Crippen LogP contribution in [0.25, 0.3) is 0 Å². The molecule has 4 nitrogen and oxygen atoms in total. The topological polar surface area (TPSA) is 53.7 Å². The van der Waals surface area contributed by atoms with Gasteiger partial charge < -0.3 is 16.0 Å². The Morgan fingerprint density at radius 1 is 1.44 bits per heavy atom. The van der Waals surface area contributed by atoms with Crippen molar-refractivity contribution in [1.29, 1.82) is 0 Å². The molecule has 4 heteroatoms. The predicted molar refractivity (Wildman–Crippen MR) is 74.6 cm³/mol. The van der Waals surface area contributed by atoms with Crippen LogP contribution in [-0.2, 0) is 0 Å². The summed E-state index contributed by atoms with van der Waals surface area (Å²) in [5.74, 6) is 1.05. The molecule has 2 atom stereocenters. The maximum Gasteiger partial charge on any atom is 0.194 e. The van der Waals surface area contributed by atoms with Gasteiger partial charge in [-0.3, -0.25) is 4.99 Å². The largest absolute Gasteiger partial charge is 0.399 e. The van der Waals surface area contributed by atoms with Crippen molar-refractivity contribution < 1.29 is 0 Å². The highest BCUT2D eigenvalue weighted by molar-refractivity contribution is 5.83. The number of hydrogen-bond acceptors (Lipinski definition) is 4. The zero-order valence-corrected chi connectivity index (χ0v) is 11.0. The SMILES string of the molecule is Cc1ccc(C2CCN=C3NC(C)CN32)cc1N. The molecular weight excluding hydrogens is 224 g/mol. The van der Waals surface area contributed by atoms with E-state index < -0.39 is 0 Å². The monoisotopic (exact) mass is 244 g/mol. The normalized spacial score (nSPS) is 26.6. The van der Waals surface area contributed by atoms with Crippen LogP contribution < -0.4 is 11.1 Å². The smallest absolute Gasteiger partial charge is 0.194 e. The van der Waals surface area contributed by atoms with Gasteiger partial charge in [0, 0.05) is 24.8 Å². The number of guanidine groups is 1. The summed E-state index contributed by atoms with van der Waals surface area (Å²) in [4.78, 5) is 6.93. The number of aliphatic imine (C=N–C) groups is 1. The summed E-state index contributed by atoms with van der Waals surface area (Å²) in [7, 11) is 0. The number of nitrogens with two attached hydrogens (primary N) is 1. The molecule has 2 aliphatic heterocycles. The molecule has 1 saturated heterocycles. The molecule has 0 saturated carbocycles. The molecule has 2 heterocycles. The van der Waals surface area contributed by atoms with Gasteiger partial charge in [0.2, 0.25) is 0 Å². The molecule has 0 aromatic heterocycles. The van der Waals surface area contributed by atoms with Gasteiger partial charge >= 0.3 is 0 Å². The highest BCUT2D eigenvalue weighted by Gasteiger charge is 2.33. The summed E-state index contributed by atoms with van der Waals surface area (Å²) < 4.78 is 0. The third-order valence-corrected chi connectivity index (χ3v) is 3.85. The number of benzene rings is 1. The number of nitrogens with one attached hydrogen (secondary N) is 1. The molecule has 96 valence electrons. The first kappa shape index (κ1) is 11.4. The molecule has 2 aliphatic rings. The lowest BCUT2D eigenvalue weighted by Crippen LogP contribution is -2.37. The van der Waals surface area contributed by atoms with E-state index in [1.807, 2.05) is 6.92 Å². The number of rotatable bonds is 1. The molecule has 1 fully saturated rings. The number of hydrogen-bond donors (Lipinski definition) is 2. The van der Waals surface area contributed by atoms with Gasteiger partial charge in [-0.2, -0.15) is 0 Å². The summed E-state index contributed by atoms with van der Waals surface area (Å²) in [6.45, 7) is 6.16. The number of nitrogen functional groups attached to an aromatic ring is 1. The summed E-state index contributed by atoms with van der Waals surface area (Å²) in [5, 5.41) is 3.43. The predicted octanol–water partition coefficient (Wildman–Crippen LogP) is 1.67. The van der Waals surface area contributed by atoms with Crippen LogP contribution in [0.5, 0.6) is 0 Å². The van der Waals surface area contributed by atoms with Crippen molar-refractivity contribution in [1.82, 2.24) is 10.2 Å². The molecular formula is C14H20N4. The molecule has 0 spiro atoms. The number of fused-ring (bicyclic) bond motifs is 1. The van der Waals surface area contributed by atoms with E-state index in [-0.39, 0.29) is 0 Å². The Hall–Kier alpha value is -1.71. The first-order valence-electron chi connectivity index (χ1n) is 6.59. The fraction of sp³-hybridized carbons (Fsp3) is 0.500. The van der Waals surface area contributed by atoms with E-state index in [0.717, 1.165) is 36.7 Å². The van der Waals surface area contributed by atoms with E-state index in [0.29, 0.717) is 12.1 Å². The third-order valence-electron chi connectivity index (χ3n) is 3.85. The zero-order valence-electron chi connectivity index (χ0n) is 11.0. The van der Waals surface area contributed by atoms with Crippen LogP contribution in [0, 0.1) is 6.92 Å². The minimum Gasteiger partial charge on any atom is -0.399 e. The van der Waals surface area contributed by atoms with E-state index >= 15 is 0 Å². The lowest BCUT2D eigenvalue weighted by molar-refractivity contribution is 0.305. The van der Waals surface area contributed by atoms with Crippen LogP contribution in [-0.4, -0.2) is 30.0 Å². The lowest BCUT2D eigenvalue weighted by Gasteiger charge is -2.32. The summed E-state index contributed by atoms with van der Waals surface area (Å²) in [5.41, 5.74) is 9.37. The molecule has 0 aliphatic carbocycles. The van der Waals surface area contributed by atoms with Crippen molar-refractivity contribution in [3.8, 4) is 0 Å². The fourth-order valence-electron chi connectivity index (χ4n) is 2.80. The molecule has 1 aromatic rings. The Morgan fingerprint density at radius 3 is 3.06 bits per heavy atom. The van der Waals surface area contributed by atoms with Crippen molar-refractivity contribution in [2.24, 2.45) is 4.99 Å². The van der Waals surface area contributed by atoms with Crippen LogP contribution in [0.1, 0.15) is 30.5 Å². The van der Waals surface area contributed by atoms with Gasteiger partial charge in [0.25, 0.3) is 0 Å². The van der Waals surface area contributed by atoms with Crippen molar-refractivity contribution in [2.75, 3.05) is 18.8 Å². The Bertz CT molecular complexity index is 495. The highest BCUT2D eigenvalue weighted by Crippen LogP contribution is 2.31. The Morgan fingerprint density at radius 2 is 2.28 bits per heavy atom. The average molecular weight is 244 g/mol. The molecule has 18 heavy (non-hydrogen) atoms. The molecule has 2 unspecified atom stereocenters. The standard InChI is InChI=1S/C14H20N4/c1-9-3-4-11(7-12(9)15)13-5-6-16-14-17-10(2)8-18(13)14/h3-4,7,10,13H,5-6,8,15H2,1-2H3,(H,16,17). The molecule has 1 aromatic carbocycles. The first-order valence-corrected chi connectivity index (χ1v) is 6.59. The van der Waals surface area contributed by atoms with Crippen molar-refractivity contribution in [2.45, 2.75) is 32.4 Å². The maximum absolute atomic E-state index is 6.03. The lowest BCUT2D eigenvalue weighted by atomic mass is 9.99. The van der Waals surface area contributed by atoms with Gasteiger partial charge in [0.1, 0.15) is 0 Å². The maximum atomic E-state index is 6.03. The van der Waals surface area contributed by atoms with E-state index in [1.54, 1.807) is 0 Å². The van der Waals surface area contributed by atoms with Crippen LogP contribution in [0.4, 0.5) is 5.69 Å². The summed E-state index contributed by atoms with van der Waals surface area (Å²) in [6.07, 6.45) is 1.07. The molecule has 3 rings (SSSR count). The van der Waals surface area contributed by atoms with Crippen LogP contribution >= 0.6 is 0 Å². The van der Waals surface area contributed by atoms with Gasteiger partial charge in [-0.15, -0.1) is 0 Å². The minimum absolute atomic E-state index is 0.415. The first-order chi connectivity index (χ1) is 8.65. The van der Waals surface area contributed by atoms with Crippen LogP contribution in [0.15, 0.2) is 23.2 Å². The van der Waals surface area contributed by atoms with Crippen molar-refractivity contribution in [3.05, 3.63) is 29.3 Å². The van der Waals surface area contributed by atoms with Gasteiger partial charge in [-0.1, -0.05) is 12.1 Å². The Labute approximate surface area is 108 Å².